The second-order valence-corrected chi connectivity index (χ2v) is 11.1. The normalized spacial score (nSPS) is 16.9. The van der Waals surface area contributed by atoms with E-state index < -0.39 is 20.0 Å². The van der Waals surface area contributed by atoms with E-state index in [1.807, 2.05) is 0 Å². The summed E-state index contributed by atoms with van der Waals surface area (Å²) in [6.45, 7) is 3.78. The molecule has 1 saturated heterocycles. The van der Waals surface area contributed by atoms with E-state index in [1.54, 1.807) is 50.2 Å². The van der Waals surface area contributed by atoms with Gasteiger partial charge < -0.3 is 0 Å². The summed E-state index contributed by atoms with van der Waals surface area (Å²) in [5.74, 6) is 0.120. The molecule has 0 saturated carbocycles. The largest absolute Gasteiger partial charge is 0.278 e. The van der Waals surface area contributed by atoms with Crippen LogP contribution in [-0.2, 0) is 20.0 Å². The molecule has 0 atom stereocenters. The van der Waals surface area contributed by atoms with Crippen molar-refractivity contribution in [2.75, 3.05) is 21.3 Å². The van der Waals surface area contributed by atoms with Gasteiger partial charge in [-0.1, -0.05) is 12.1 Å². The Labute approximate surface area is 168 Å². The van der Waals surface area contributed by atoms with Gasteiger partial charge in [-0.15, -0.1) is 0 Å². The molecule has 1 fully saturated rings. The average Bonchev–Trinajstić information content (AvgIpc) is 2.55. The van der Waals surface area contributed by atoms with Crippen molar-refractivity contribution in [3.63, 3.8) is 0 Å². The molecule has 0 amide bonds. The van der Waals surface area contributed by atoms with Crippen molar-refractivity contribution in [3.8, 4) is 0 Å². The molecule has 1 aliphatic rings. The predicted octanol–water partition coefficient (Wildman–Crippen LogP) is 3.80. The van der Waals surface area contributed by atoms with E-state index >= 15 is 0 Å². The molecule has 3 rings (SSSR count). The molecule has 0 aromatic heterocycles. The first-order chi connectivity index (χ1) is 12.6. The van der Waals surface area contributed by atoms with Gasteiger partial charge in [0, 0.05) is 11.0 Å². The zero-order valence-corrected chi connectivity index (χ0v) is 18.3. The molecule has 0 aliphatic carbocycles. The van der Waals surface area contributed by atoms with Gasteiger partial charge in [0.15, 0.2) is 0 Å². The van der Waals surface area contributed by atoms with Gasteiger partial charge in [-0.3, -0.25) is 9.03 Å². The molecule has 6 nitrogen and oxygen atoms in total. The van der Waals surface area contributed by atoms with E-state index in [0.717, 1.165) is 6.42 Å². The quantitative estimate of drug-likeness (QED) is 0.733. The number of anilines is 2. The second kappa shape index (κ2) is 7.44. The van der Waals surface area contributed by atoms with Gasteiger partial charge in [-0.05, 0) is 78.0 Å². The maximum atomic E-state index is 12.9. The summed E-state index contributed by atoms with van der Waals surface area (Å²) in [6.07, 6.45) is 1.44. The molecule has 0 radical (unpaired) electrons. The van der Waals surface area contributed by atoms with E-state index in [2.05, 4.69) is 20.7 Å². The third-order valence-corrected chi connectivity index (χ3v) is 8.70. The van der Waals surface area contributed by atoms with Crippen LogP contribution in [0.15, 0.2) is 45.8 Å². The van der Waals surface area contributed by atoms with Crippen LogP contribution in [0.5, 0.6) is 0 Å². The fourth-order valence-corrected chi connectivity index (χ4v) is 6.99. The lowest BCUT2D eigenvalue weighted by Gasteiger charge is -2.29. The summed E-state index contributed by atoms with van der Waals surface area (Å²) in [6, 6.07) is 10.2. The van der Waals surface area contributed by atoms with Crippen molar-refractivity contribution in [1.82, 2.24) is 0 Å². The van der Waals surface area contributed by atoms with Crippen LogP contribution >= 0.6 is 15.9 Å². The minimum atomic E-state index is -3.82. The van der Waals surface area contributed by atoms with Crippen LogP contribution in [0.2, 0.25) is 0 Å². The van der Waals surface area contributed by atoms with Gasteiger partial charge in [0.25, 0.3) is 10.0 Å². The molecular weight excluding hydrogens is 452 g/mol. The zero-order chi connectivity index (χ0) is 19.8. The minimum absolute atomic E-state index is 0.120. The highest BCUT2D eigenvalue weighted by Crippen LogP contribution is 2.32. The summed E-state index contributed by atoms with van der Waals surface area (Å²) < 4.78 is 55.2. The number of sulfonamides is 2. The summed E-state index contributed by atoms with van der Waals surface area (Å²) in [4.78, 5) is 0.163. The number of hydrogen-bond acceptors (Lipinski definition) is 4. The molecular formula is C18H21BrN2O4S2. The molecule has 27 heavy (non-hydrogen) atoms. The van der Waals surface area contributed by atoms with Crippen LogP contribution in [0.3, 0.4) is 0 Å². The van der Waals surface area contributed by atoms with Gasteiger partial charge in [0.05, 0.1) is 22.0 Å². The standard InChI is InChI=1S/C18H21BrN2O4S2/c1-13-11-15(21-9-5-6-10-26(21,22)23)12-14(2)18(13)27(24,25)20-17-8-4-3-7-16(17)19/h3-4,7-8,11-12,20H,5-6,9-10H2,1-2H3. The number of rotatable bonds is 4. The van der Waals surface area contributed by atoms with E-state index in [0.29, 0.717) is 39.9 Å². The lowest BCUT2D eigenvalue weighted by atomic mass is 10.1. The Balaban J connectivity index is 2.01. The minimum Gasteiger partial charge on any atom is -0.278 e. The van der Waals surface area contributed by atoms with Crippen molar-refractivity contribution >= 4 is 47.4 Å². The highest BCUT2D eigenvalue weighted by atomic mass is 79.9. The SMILES string of the molecule is Cc1cc(N2CCCCS2(=O)=O)cc(C)c1S(=O)(=O)Nc1ccccc1Br. The number of para-hydroxylation sites is 1. The van der Waals surface area contributed by atoms with Gasteiger partial charge in [0.2, 0.25) is 10.0 Å². The molecule has 9 heteroatoms. The van der Waals surface area contributed by atoms with Gasteiger partial charge in [0.1, 0.15) is 0 Å². The first kappa shape index (κ1) is 20.2. The van der Waals surface area contributed by atoms with Gasteiger partial charge >= 0.3 is 0 Å². The van der Waals surface area contributed by atoms with E-state index in [4.69, 9.17) is 0 Å². The van der Waals surface area contributed by atoms with E-state index in [1.165, 1.54) is 4.31 Å². The average molecular weight is 473 g/mol. The van der Waals surface area contributed by atoms with E-state index in [9.17, 15) is 16.8 Å². The summed E-state index contributed by atoms with van der Waals surface area (Å²) in [5, 5.41) is 0. The van der Waals surface area contributed by atoms with Crippen molar-refractivity contribution in [1.29, 1.82) is 0 Å². The Morgan fingerprint density at radius 1 is 1.07 bits per heavy atom. The molecule has 1 N–H and O–H groups in total. The fourth-order valence-electron chi connectivity index (χ4n) is 3.31. The molecule has 146 valence electrons. The van der Waals surface area contributed by atoms with Gasteiger partial charge in [-0.25, -0.2) is 16.8 Å². The lowest BCUT2D eigenvalue weighted by molar-refractivity contribution is 0.574. The molecule has 1 heterocycles. The number of benzene rings is 2. The summed E-state index contributed by atoms with van der Waals surface area (Å²) in [5.41, 5.74) is 1.97. The number of halogens is 1. The van der Waals surface area contributed by atoms with Crippen molar-refractivity contribution in [2.45, 2.75) is 31.6 Å². The smallest absolute Gasteiger partial charge is 0.262 e. The first-order valence-corrected chi connectivity index (χ1v) is 12.4. The molecule has 0 bridgehead atoms. The maximum Gasteiger partial charge on any atom is 0.262 e. The van der Waals surface area contributed by atoms with Crippen molar-refractivity contribution < 1.29 is 16.8 Å². The van der Waals surface area contributed by atoms with Crippen molar-refractivity contribution in [3.05, 3.63) is 52.0 Å². The van der Waals surface area contributed by atoms with Crippen LogP contribution in [0, 0.1) is 13.8 Å². The molecule has 1 aliphatic heterocycles. The Hall–Kier alpha value is -1.58. The van der Waals surface area contributed by atoms with Crippen molar-refractivity contribution in [2.24, 2.45) is 0 Å². The summed E-state index contributed by atoms with van der Waals surface area (Å²) >= 11 is 3.33. The van der Waals surface area contributed by atoms with E-state index in [-0.39, 0.29) is 10.6 Å². The number of nitrogens with zero attached hydrogens (tertiary/aromatic N) is 1. The number of aryl methyl sites for hydroxylation is 2. The fraction of sp³-hybridized carbons (Fsp3) is 0.333. The monoisotopic (exact) mass is 472 g/mol. The zero-order valence-electron chi connectivity index (χ0n) is 15.1. The third-order valence-electron chi connectivity index (χ3n) is 4.47. The lowest BCUT2D eigenvalue weighted by Crippen LogP contribution is -2.38. The topological polar surface area (TPSA) is 83.6 Å². The Kier molecular flexibility index (Phi) is 5.56. The van der Waals surface area contributed by atoms with Crippen LogP contribution < -0.4 is 9.03 Å². The molecule has 2 aromatic rings. The van der Waals surface area contributed by atoms with Crippen LogP contribution in [0.1, 0.15) is 24.0 Å². The first-order valence-electron chi connectivity index (χ1n) is 8.51. The van der Waals surface area contributed by atoms with Gasteiger partial charge in [-0.2, -0.15) is 0 Å². The highest BCUT2D eigenvalue weighted by molar-refractivity contribution is 9.10. The molecule has 0 unspecified atom stereocenters. The third kappa shape index (κ3) is 4.14. The maximum absolute atomic E-state index is 12.9. The Bertz CT molecular complexity index is 1060. The molecule has 0 spiro atoms. The van der Waals surface area contributed by atoms with Crippen LogP contribution in [-0.4, -0.2) is 29.1 Å². The Morgan fingerprint density at radius 3 is 2.30 bits per heavy atom. The molecule has 2 aromatic carbocycles. The number of hydrogen-bond donors (Lipinski definition) is 1. The summed E-state index contributed by atoms with van der Waals surface area (Å²) in [7, 11) is -7.17. The van der Waals surface area contributed by atoms with Crippen LogP contribution in [0.25, 0.3) is 0 Å². The predicted molar refractivity (Wildman–Crippen MR) is 111 cm³/mol. The highest BCUT2D eigenvalue weighted by Gasteiger charge is 2.28. The second-order valence-electron chi connectivity index (χ2n) is 6.59. The Morgan fingerprint density at radius 2 is 1.70 bits per heavy atom. The number of nitrogens with one attached hydrogen (secondary N) is 1. The van der Waals surface area contributed by atoms with Crippen LogP contribution in [0.4, 0.5) is 11.4 Å².